The van der Waals surface area contributed by atoms with Crippen LogP contribution >= 0.6 is 11.6 Å². The summed E-state index contributed by atoms with van der Waals surface area (Å²) in [7, 11) is 0. The van der Waals surface area contributed by atoms with Gasteiger partial charge in [-0.3, -0.25) is 0 Å². The number of hydrogen-bond donors (Lipinski definition) is 1. The van der Waals surface area contributed by atoms with Gasteiger partial charge in [-0.05, 0) is 56.4 Å². The second-order valence-corrected chi connectivity index (χ2v) is 5.37. The molecule has 0 aliphatic carbocycles. The number of halogens is 1. The van der Waals surface area contributed by atoms with Crippen molar-refractivity contribution >= 4 is 11.6 Å². The van der Waals surface area contributed by atoms with Crippen molar-refractivity contribution in [3.63, 3.8) is 0 Å². The Hall–Kier alpha value is -0.730. The van der Waals surface area contributed by atoms with Crippen molar-refractivity contribution in [3.05, 3.63) is 29.3 Å². The van der Waals surface area contributed by atoms with E-state index in [2.05, 4.69) is 12.2 Å². The number of hydrogen-bond acceptors (Lipinski definition) is 1. The van der Waals surface area contributed by atoms with Crippen molar-refractivity contribution in [3.8, 4) is 5.75 Å². The molecule has 1 aromatic carbocycles. The Morgan fingerprint density at radius 2 is 1.63 bits per heavy atom. The van der Waals surface area contributed by atoms with E-state index in [-0.39, 0.29) is 0 Å². The van der Waals surface area contributed by atoms with Crippen molar-refractivity contribution in [2.45, 2.75) is 45.4 Å². The number of unbranched alkanes of at least 4 members (excludes halogenated alkanes) is 4. The quantitative estimate of drug-likeness (QED) is 0.617. The molecule has 0 saturated carbocycles. The fourth-order valence-electron chi connectivity index (χ4n) is 1.96. The maximum atomic E-state index is 5.82. The Labute approximate surface area is 122 Å². The van der Waals surface area contributed by atoms with Gasteiger partial charge in [0, 0.05) is 5.02 Å². The molecule has 0 unspecified atom stereocenters. The van der Waals surface area contributed by atoms with Crippen molar-refractivity contribution in [1.29, 1.82) is 0 Å². The van der Waals surface area contributed by atoms with Gasteiger partial charge in [0.2, 0.25) is 0 Å². The van der Waals surface area contributed by atoms with Crippen LogP contribution in [0.25, 0.3) is 0 Å². The average molecular weight is 285 g/mol. The summed E-state index contributed by atoms with van der Waals surface area (Å²) >= 11 is 5.82. The van der Waals surface area contributed by atoms with E-state index in [1.54, 1.807) is 0 Å². The number of rotatable bonds is 11. The van der Waals surface area contributed by atoms with Crippen LogP contribution in [0.1, 0.15) is 45.4 Å². The third-order valence-corrected chi connectivity index (χ3v) is 3.40. The molecule has 0 fully saturated rings. The molecular weight excluding hydrogens is 258 g/mol. The summed E-state index contributed by atoms with van der Waals surface area (Å²) in [5, 5.41) is 3.19. The Morgan fingerprint density at radius 1 is 0.947 bits per heavy atom. The molecule has 0 aliphatic heterocycles. The molecule has 1 aromatic rings. The third-order valence-electron chi connectivity index (χ3n) is 3.15. The highest BCUT2D eigenvalue weighted by Gasteiger charge is 1.95. The van der Waals surface area contributed by atoms with Crippen LogP contribution in [0, 0.1) is 0 Å². The van der Waals surface area contributed by atoms with E-state index in [1.807, 2.05) is 24.3 Å². The summed E-state index contributed by atoms with van der Waals surface area (Å²) < 4.78 is 5.65. The summed E-state index contributed by atoms with van der Waals surface area (Å²) in [6.45, 7) is 5.62. The zero-order valence-electron chi connectivity index (χ0n) is 12.0. The van der Waals surface area contributed by atoms with Crippen molar-refractivity contribution in [1.82, 2.24) is 0 Å². The zero-order chi connectivity index (χ0) is 13.8. The maximum absolute atomic E-state index is 5.82. The lowest BCUT2D eigenvalue weighted by Gasteiger charge is -2.06. The smallest absolute Gasteiger partial charge is 0.119 e. The lowest BCUT2D eigenvalue weighted by Crippen LogP contribution is -2.84. The zero-order valence-corrected chi connectivity index (χ0v) is 12.8. The van der Waals surface area contributed by atoms with Crippen molar-refractivity contribution in [2.75, 3.05) is 19.7 Å². The van der Waals surface area contributed by atoms with Crippen LogP contribution in [0.2, 0.25) is 5.02 Å². The molecule has 0 radical (unpaired) electrons. The molecule has 0 spiro atoms. The Bertz CT molecular complexity index is 313. The van der Waals surface area contributed by atoms with Crippen LogP contribution in [0.15, 0.2) is 24.3 Å². The Morgan fingerprint density at radius 3 is 2.37 bits per heavy atom. The highest BCUT2D eigenvalue weighted by molar-refractivity contribution is 6.30. The first-order chi connectivity index (χ1) is 9.33. The van der Waals surface area contributed by atoms with E-state index in [9.17, 15) is 0 Å². The summed E-state index contributed by atoms with van der Waals surface area (Å²) in [6.07, 6.45) is 7.68. The molecule has 108 valence electrons. The van der Waals surface area contributed by atoms with Gasteiger partial charge < -0.3 is 10.1 Å². The van der Waals surface area contributed by atoms with Gasteiger partial charge in [0.25, 0.3) is 0 Å². The van der Waals surface area contributed by atoms with Gasteiger partial charge in [-0.1, -0.05) is 24.9 Å². The van der Waals surface area contributed by atoms with E-state index < -0.39 is 0 Å². The third kappa shape index (κ3) is 8.90. The van der Waals surface area contributed by atoms with Crippen LogP contribution in [0.3, 0.4) is 0 Å². The van der Waals surface area contributed by atoms with Crippen LogP contribution in [-0.2, 0) is 0 Å². The largest absolute Gasteiger partial charge is 0.494 e. The van der Waals surface area contributed by atoms with Gasteiger partial charge in [0.05, 0.1) is 19.7 Å². The molecule has 0 aliphatic rings. The van der Waals surface area contributed by atoms with E-state index in [4.69, 9.17) is 16.3 Å². The van der Waals surface area contributed by atoms with Crippen molar-refractivity contribution < 1.29 is 10.1 Å². The Balaban J connectivity index is 1.87. The number of benzene rings is 1. The maximum Gasteiger partial charge on any atom is 0.119 e. The van der Waals surface area contributed by atoms with Gasteiger partial charge in [0.1, 0.15) is 5.75 Å². The molecule has 19 heavy (non-hydrogen) atoms. The van der Waals surface area contributed by atoms with Crippen LogP contribution in [0.5, 0.6) is 5.75 Å². The van der Waals surface area contributed by atoms with E-state index in [0.29, 0.717) is 0 Å². The van der Waals surface area contributed by atoms with Crippen LogP contribution < -0.4 is 10.1 Å². The normalized spacial score (nSPS) is 10.6. The topological polar surface area (TPSA) is 25.8 Å². The van der Waals surface area contributed by atoms with Crippen LogP contribution in [-0.4, -0.2) is 19.7 Å². The molecule has 2 N–H and O–H groups in total. The standard InChI is InChI=1S/C16H26ClNO/c1-2-3-12-18-13-6-4-5-7-14-19-16-10-8-15(17)9-11-16/h8-11,18H,2-7,12-14H2,1H3/p+1. The number of ether oxygens (including phenoxy) is 1. The minimum atomic E-state index is 0.756. The SMILES string of the molecule is CCCC[NH2+]CCCCCCOc1ccc(Cl)cc1. The van der Waals surface area contributed by atoms with Gasteiger partial charge in [0.15, 0.2) is 0 Å². The van der Waals surface area contributed by atoms with E-state index in [1.165, 1.54) is 45.2 Å². The minimum Gasteiger partial charge on any atom is -0.494 e. The second kappa shape index (κ2) is 11.1. The molecule has 1 rings (SSSR count). The predicted molar refractivity (Wildman–Crippen MR) is 82.0 cm³/mol. The first-order valence-electron chi connectivity index (χ1n) is 7.53. The first-order valence-corrected chi connectivity index (χ1v) is 7.90. The van der Waals surface area contributed by atoms with Crippen LogP contribution in [0.4, 0.5) is 0 Å². The summed E-state index contributed by atoms with van der Waals surface area (Å²) in [4.78, 5) is 0. The molecule has 0 saturated heterocycles. The summed E-state index contributed by atoms with van der Waals surface area (Å²) in [5.41, 5.74) is 0. The monoisotopic (exact) mass is 284 g/mol. The molecule has 0 heterocycles. The highest BCUT2D eigenvalue weighted by atomic mass is 35.5. The first kappa shape index (κ1) is 16.3. The van der Waals surface area contributed by atoms with E-state index >= 15 is 0 Å². The molecule has 0 atom stereocenters. The molecule has 0 aromatic heterocycles. The molecule has 0 bridgehead atoms. The highest BCUT2D eigenvalue weighted by Crippen LogP contribution is 2.15. The van der Waals surface area contributed by atoms with Gasteiger partial charge in [-0.2, -0.15) is 0 Å². The molecule has 2 nitrogen and oxygen atoms in total. The number of nitrogens with two attached hydrogens (primary N) is 1. The molecule has 0 amide bonds. The fraction of sp³-hybridized carbons (Fsp3) is 0.625. The molecular formula is C16H27ClNO+. The fourth-order valence-corrected chi connectivity index (χ4v) is 2.08. The lowest BCUT2D eigenvalue weighted by atomic mass is 10.2. The number of quaternary nitrogens is 1. The summed E-state index contributed by atoms with van der Waals surface area (Å²) in [5.74, 6) is 0.914. The van der Waals surface area contributed by atoms with Gasteiger partial charge >= 0.3 is 0 Å². The van der Waals surface area contributed by atoms with Crippen molar-refractivity contribution in [2.24, 2.45) is 0 Å². The minimum absolute atomic E-state index is 0.756. The lowest BCUT2D eigenvalue weighted by molar-refractivity contribution is -0.655. The Kier molecular flexibility index (Phi) is 9.56. The van der Waals surface area contributed by atoms with Gasteiger partial charge in [-0.25, -0.2) is 0 Å². The average Bonchev–Trinajstić information content (AvgIpc) is 2.43. The molecule has 3 heteroatoms. The predicted octanol–water partition coefficient (Wildman–Crippen LogP) is 3.64. The second-order valence-electron chi connectivity index (χ2n) is 4.94. The van der Waals surface area contributed by atoms with Gasteiger partial charge in [-0.15, -0.1) is 0 Å². The van der Waals surface area contributed by atoms with E-state index in [0.717, 1.165) is 23.8 Å². The summed E-state index contributed by atoms with van der Waals surface area (Å²) in [6, 6.07) is 7.57.